The van der Waals surface area contributed by atoms with Gasteiger partial charge in [-0.3, -0.25) is 14.8 Å². The zero-order valence-corrected chi connectivity index (χ0v) is 16.2. The molecule has 2 heterocycles. The van der Waals surface area contributed by atoms with Gasteiger partial charge in [0, 0.05) is 31.2 Å². The number of rotatable bonds is 6. The number of carbonyl (C=O) groups excluding carboxylic acids is 2. The highest BCUT2D eigenvalue weighted by Crippen LogP contribution is 2.10. The Balaban J connectivity index is 2.09. The molecule has 0 fully saturated rings. The third-order valence-electron chi connectivity index (χ3n) is 3.53. The molecule has 2 aromatic heterocycles. The van der Waals surface area contributed by atoms with Crippen molar-refractivity contribution in [2.24, 2.45) is 0 Å². The summed E-state index contributed by atoms with van der Waals surface area (Å²) < 4.78 is 5.28. The lowest BCUT2D eigenvalue weighted by Crippen LogP contribution is -2.45. The molecule has 0 aromatic carbocycles. The SMILES string of the molecule is C[C@H](CN(Cc1ccccn1)C(=O)c1cccnc1)NC(=O)OC(C)(C)C. The van der Waals surface area contributed by atoms with Crippen molar-refractivity contribution in [1.29, 1.82) is 0 Å². The molecule has 0 saturated heterocycles. The lowest BCUT2D eigenvalue weighted by atomic mass is 10.2. The van der Waals surface area contributed by atoms with Crippen LogP contribution >= 0.6 is 0 Å². The fourth-order valence-electron chi connectivity index (χ4n) is 2.46. The number of hydrogen-bond donors (Lipinski definition) is 1. The van der Waals surface area contributed by atoms with Gasteiger partial charge in [0.05, 0.1) is 17.8 Å². The van der Waals surface area contributed by atoms with E-state index in [4.69, 9.17) is 4.74 Å². The molecule has 0 aliphatic rings. The second kappa shape index (κ2) is 9.12. The Morgan fingerprint density at radius 1 is 1.19 bits per heavy atom. The zero-order valence-electron chi connectivity index (χ0n) is 16.2. The molecule has 2 amide bonds. The molecule has 0 unspecified atom stereocenters. The van der Waals surface area contributed by atoms with Gasteiger partial charge in [-0.05, 0) is 52.0 Å². The van der Waals surface area contributed by atoms with Crippen LogP contribution in [0.25, 0.3) is 0 Å². The Bertz CT molecular complexity index is 745. The number of nitrogens with zero attached hydrogens (tertiary/aromatic N) is 3. The van der Waals surface area contributed by atoms with Crippen molar-refractivity contribution >= 4 is 12.0 Å². The lowest BCUT2D eigenvalue weighted by Gasteiger charge is -2.27. The number of amides is 2. The first-order chi connectivity index (χ1) is 12.7. The molecule has 1 N–H and O–H groups in total. The van der Waals surface area contributed by atoms with Crippen LogP contribution in [0, 0.1) is 0 Å². The average molecular weight is 370 g/mol. The van der Waals surface area contributed by atoms with Crippen molar-refractivity contribution in [3.63, 3.8) is 0 Å². The second-order valence-corrected chi connectivity index (χ2v) is 7.30. The first-order valence-electron chi connectivity index (χ1n) is 8.83. The molecule has 0 aliphatic heterocycles. The van der Waals surface area contributed by atoms with E-state index >= 15 is 0 Å². The van der Waals surface area contributed by atoms with Crippen LogP contribution in [0.2, 0.25) is 0 Å². The van der Waals surface area contributed by atoms with E-state index in [1.165, 1.54) is 6.20 Å². The van der Waals surface area contributed by atoms with Gasteiger partial charge in [-0.25, -0.2) is 4.79 Å². The topological polar surface area (TPSA) is 84.4 Å². The van der Waals surface area contributed by atoms with Crippen LogP contribution in [-0.4, -0.2) is 45.1 Å². The van der Waals surface area contributed by atoms with Gasteiger partial charge in [0.25, 0.3) is 5.91 Å². The maximum absolute atomic E-state index is 12.9. The molecule has 0 radical (unpaired) electrons. The highest BCUT2D eigenvalue weighted by molar-refractivity contribution is 5.93. The Morgan fingerprint density at radius 2 is 1.96 bits per heavy atom. The Morgan fingerprint density at radius 3 is 2.56 bits per heavy atom. The molecule has 2 aromatic rings. The number of pyridine rings is 2. The minimum Gasteiger partial charge on any atom is -0.444 e. The van der Waals surface area contributed by atoms with E-state index in [9.17, 15) is 9.59 Å². The predicted octanol–water partition coefficient (Wildman–Crippen LogP) is 3.03. The fourth-order valence-corrected chi connectivity index (χ4v) is 2.46. The summed E-state index contributed by atoms with van der Waals surface area (Å²) in [5, 5.41) is 2.77. The van der Waals surface area contributed by atoms with Crippen LogP contribution < -0.4 is 5.32 Å². The molecular formula is C20H26N4O3. The van der Waals surface area contributed by atoms with Gasteiger partial charge in [0.1, 0.15) is 5.60 Å². The van der Waals surface area contributed by atoms with Crippen molar-refractivity contribution in [2.45, 2.75) is 45.9 Å². The molecule has 144 valence electrons. The van der Waals surface area contributed by atoms with E-state index < -0.39 is 11.7 Å². The molecule has 0 spiro atoms. The first-order valence-corrected chi connectivity index (χ1v) is 8.83. The summed E-state index contributed by atoms with van der Waals surface area (Å²) in [6.45, 7) is 7.87. The van der Waals surface area contributed by atoms with Gasteiger partial charge < -0.3 is 15.0 Å². The number of ether oxygens (including phenoxy) is 1. The summed E-state index contributed by atoms with van der Waals surface area (Å²) in [6, 6.07) is 8.68. The highest BCUT2D eigenvalue weighted by Gasteiger charge is 2.22. The van der Waals surface area contributed by atoms with Crippen molar-refractivity contribution in [2.75, 3.05) is 6.54 Å². The Labute approximate surface area is 159 Å². The van der Waals surface area contributed by atoms with Crippen LogP contribution in [0.3, 0.4) is 0 Å². The van der Waals surface area contributed by atoms with Crippen LogP contribution in [0.1, 0.15) is 43.7 Å². The lowest BCUT2D eigenvalue weighted by molar-refractivity contribution is 0.0483. The largest absolute Gasteiger partial charge is 0.444 e. The van der Waals surface area contributed by atoms with Crippen LogP contribution in [0.15, 0.2) is 48.9 Å². The summed E-state index contributed by atoms with van der Waals surface area (Å²) in [5.41, 5.74) is 0.667. The third-order valence-corrected chi connectivity index (χ3v) is 3.53. The number of nitrogens with one attached hydrogen (secondary N) is 1. The smallest absolute Gasteiger partial charge is 0.407 e. The predicted molar refractivity (Wildman–Crippen MR) is 102 cm³/mol. The van der Waals surface area contributed by atoms with Crippen molar-refractivity contribution in [1.82, 2.24) is 20.2 Å². The number of alkyl carbamates (subject to hydrolysis) is 1. The highest BCUT2D eigenvalue weighted by atomic mass is 16.6. The minimum absolute atomic E-state index is 0.174. The Kier molecular flexibility index (Phi) is 6.87. The van der Waals surface area contributed by atoms with Crippen LogP contribution in [-0.2, 0) is 11.3 Å². The molecule has 27 heavy (non-hydrogen) atoms. The van der Waals surface area contributed by atoms with E-state index in [-0.39, 0.29) is 11.9 Å². The van der Waals surface area contributed by atoms with E-state index in [0.29, 0.717) is 18.7 Å². The monoisotopic (exact) mass is 370 g/mol. The summed E-state index contributed by atoms with van der Waals surface area (Å²) in [5.74, 6) is -0.174. The fraction of sp³-hybridized carbons (Fsp3) is 0.400. The Hall–Kier alpha value is -2.96. The third kappa shape index (κ3) is 7.05. The van der Waals surface area contributed by atoms with Gasteiger partial charge in [-0.1, -0.05) is 6.07 Å². The van der Waals surface area contributed by atoms with Gasteiger partial charge in [0.2, 0.25) is 0 Å². The quantitative estimate of drug-likeness (QED) is 0.845. The molecule has 7 nitrogen and oxygen atoms in total. The summed E-state index contributed by atoms with van der Waals surface area (Å²) in [4.78, 5) is 34.8. The van der Waals surface area contributed by atoms with E-state index in [1.807, 2.05) is 25.1 Å². The summed E-state index contributed by atoms with van der Waals surface area (Å²) in [6.07, 6.45) is 4.32. The van der Waals surface area contributed by atoms with Crippen LogP contribution in [0.4, 0.5) is 4.79 Å². The van der Waals surface area contributed by atoms with Crippen molar-refractivity contribution in [3.8, 4) is 0 Å². The summed E-state index contributed by atoms with van der Waals surface area (Å²) in [7, 11) is 0. The molecular weight excluding hydrogens is 344 g/mol. The second-order valence-electron chi connectivity index (χ2n) is 7.30. The minimum atomic E-state index is -0.580. The first kappa shape index (κ1) is 20.4. The van der Waals surface area contributed by atoms with Crippen molar-refractivity contribution in [3.05, 3.63) is 60.2 Å². The zero-order chi connectivity index (χ0) is 19.9. The number of aromatic nitrogens is 2. The van der Waals surface area contributed by atoms with Gasteiger partial charge in [-0.15, -0.1) is 0 Å². The number of carbonyl (C=O) groups is 2. The maximum Gasteiger partial charge on any atom is 0.407 e. The van der Waals surface area contributed by atoms with Crippen molar-refractivity contribution < 1.29 is 14.3 Å². The molecule has 7 heteroatoms. The average Bonchev–Trinajstić information content (AvgIpc) is 2.60. The van der Waals surface area contributed by atoms with E-state index in [2.05, 4.69) is 15.3 Å². The van der Waals surface area contributed by atoms with E-state index in [1.54, 1.807) is 50.2 Å². The normalized spacial score (nSPS) is 12.1. The van der Waals surface area contributed by atoms with E-state index in [0.717, 1.165) is 5.69 Å². The molecule has 1 atom stereocenters. The molecule has 0 saturated carbocycles. The molecule has 0 bridgehead atoms. The van der Waals surface area contributed by atoms with Gasteiger partial charge in [-0.2, -0.15) is 0 Å². The maximum atomic E-state index is 12.9. The molecule has 0 aliphatic carbocycles. The molecule has 2 rings (SSSR count). The summed E-state index contributed by atoms with van der Waals surface area (Å²) >= 11 is 0. The standard InChI is InChI=1S/C20H26N4O3/c1-15(23-19(26)27-20(2,3)4)13-24(14-17-9-5-6-11-22-17)18(25)16-8-7-10-21-12-16/h5-12,15H,13-14H2,1-4H3,(H,23,26)/t15-/m1/s1. The van der Waals surface area contributed by atoms with Gasteiger partial charge in [0.15, 0.2) is 0 Å². The van der Waals surface area contributed by atoms with Crippen LogP contribution in [0.5, 0.6) is 0 Å². The number of hydrogen-bond acceptors (Lipinski definition) is 5. The van der Waals surface area contributed by atoms with Gasteiger partial charge >= 0.3 is 6.09 Å².